The van der Waals surface area contributed by atoms with Crippen molar-refractivity contribution < 1.29 is 9.18 Å². The van der Waals surface area contributed by atoms with E-state index in [1.54, 1.807) is 36.4 Å². The molecule has 0 radical (unpaired) electrons. The third kappa shape index (κ3) is 3.21. The molecule has 4 heteroatoms. The summed E-state index contributed by atoms with van der Waals surface area (Å²) >= 11 is 0. The molecule has 20 heavy (non-hydrogen) atoms. The average molecular weight is 268 g/mol. The van der Waals surface area contributed by atoms with Crippen molar-refractivity contribution in [1.82, 2.24) is 5.32 Å². The van der Waals surface area contributed by atoms with Crippen LogP contribution in [0.1, 0.15) is 34.5 Å². The number of hydrogen-bond donors (Lipinski definition) is 1. The van der Waals surface area contributed by atoms with Gasteiger partial charge in [-0.05, 0) is 48.9 Å². The molecule has 0 aliphatic carbocycles. The molecule has 2 aromatic rings. The van der Waals surface area contributed by atoms with Gasteiger partial charge in [-0.2, -0.15) is 5.26 Å². The smallest absolute Gasteiger partial charge is 0.251 e. The molecule has 2 rings (SSSR count). The molecule has 0 aromatic heterocycles. The number of carbonyl (C=O) groups is 1. The van der Waals surface area contributed by atoms with E-state index in [2.05, 4.69) is 5.32 Å². The van der Waals surface area contributed by atoms with Gasteiger partial charge in [-0.1, -0.05) is 12.1 Å². The van der Waals surface area contributed by atoms with Crippen LogP contribution in [0, 0.1) is 17.1 Å². The molecule has 0 heterocycles. The van der Waals surface area contributed by atoms with Crippen molar-refractivity contribution in [2.24, 2.45) is 0 Å². The second kappa shape index (κ2) is 5.98. The largest absolute Gasteiger partial charge is 0.346 e. The molecule has 1 N–H and O–H groups in total. The monoisotopic (exact) mass is 268 g/mol. The number of carbonyl (C=O) groups excluding carboxylic acids is 1. The molecular weight excluding hydrogens is 255 g/mol. The summed E-state index contributed by atoms with van der Waals surface area (Å²) in [5.74, 6) is -0.536. The number of nitriles is 1. The van der Waals surface area contributed by atoms with Crippen molar-refractivity contribution >= 4 is 5.91 Å². The summed E-state index contributed by atoms with van der Waals surface area (Å²) in [4.78, 5) is 12.0. The lowest BCUT2D eigenvalue weighted by Gasteiger charge is -2.14. The van der Waals surface area contributed by atoms with Crippen molar-refractivity contribution in [3.63, 3.8) is 0 Å². The lowest BCUT2D eigenvalue weighted by Crippen LogP contribution is -2.26. The Hall–Kier alpha value is -2.67. The number of rotatable bonds is 3. The highest BCUT2D eigenvalue weighted by atomic mass is 19.1. The third-order valence-corrected chi connectivity index (χ3v) is 2.99. The Balaban J connectivity index is 2.06. The van der Waals surface area contributed by atoms with Gasteiger partial charge < -0.3 is 5.32 Å². The maximum Gasteiger partial charge on any atom is 0.251 e. The fourth-order valence-corrected chi connectivity index (χ4v) is 1.81. The maximum absolute atomic E-state index is 12.8. The van der Waals surface area contributed by atoms with Crippen LogP contribution < -0.4 is 5.32 Å². The molecule has 1 amide bonds. The van der Waals surface area contributed by atoms with Crippen molar-refractivity contribution in [2.45, 2.75) is 13.0 Å². The Morgan fingerprint density at radius 1 is 1.15 bits per heavy atom. The summed E-state index contributed by atoms with van der Waals surface area (Å²) in [5.41, 5.74) is 1.82. The highest BCUT2D eigenvalue weighted by Gasteiger charge is 2.11. The first-order valence-electron chi connectivity index (χ1n) is 6.16. The van der Waals surface area contributed by atoms with Crippen LogP contribution in [0.2, 0.25) is 0 Å². The molecule has 0 bridgehead atoms. The number of hydrogen-bond acceptors (Lipinski definition) is 2. The van der Waals surface area contributed by atoms with Gasteiger partial charge in [-0.25, -0.2) is 4.39 Å². The minimum absolute atomic E-state index is 0.223. The molecule has 0 aliphatic heterocycles. The molecular formula is C16H13FN2O. The second-order valence-corrected chi connectivity index (χ2v) is 4.44. The topological polar surface area (TPSA) is 52.9 Å². The third-order valence-electron chi connectivity index (χ3n) is 2.99. The first-order chi connectivity index (χ1) is 9.60. The zero-order valence-electron chi connectivity index (χ0n) is 10.9. The predicted molar refractivity (Wildman–Crippen MR) is 73.4 cm³/mol. The summed E-state index contributed by atoms with van der Waals surface area (Å²) in [5, 5.41) is 11.5. The predicted octanol–water partition coefficient (Wildman–Crippen LogP) is 3.19. The normalized spacial score (nSPS) is 11.4. The highest BCUT2D eigenvalue weighted by Crippen LogP contribution is 2.14. The average Bonchev–Trinajstić information content (AvgIpc) is 2.48. The Morgan fingerprint density at radius 3 is 2.30 bits per heavy atom. The maximum atomic E-state index is 12.8. The molecule has 2 aromatic carbocycles. The molecule has 0 saturated heterocycles. The Kier molecular flexibility index (Phi) is 4.11. The minimum atomic E-state index is -0.306. The van der Waals surface area contributed by atoms with E-state index in [1.165, 1.54) is 12.1 Å². The van der Waals surface area contributed by atoms with Crippen LogP contribution in [0.25, 0.3) is 0 Å². The zero-order chi connectivity index (χ0) is 14.5. The molecule has 0 unspecified atom stereocenters. The van der Waals surface area contributed by atoms with Crippen LogP contribution in [0.15, 0.2) is 48.5 Å². The second-order valence-electron chi connectivity index (χ2n) is 4.44. The van der Waals surface area contributed by atoms with E-state index in [4.69, 9.17) is 5.26 Å². The first kappa shape index (κ1) is 13.8. The molecule has 0 fully saturated rings. The number of nitrogens with zero attached hydrogens (tertiary/aromatic N) is 1. The summed E-state index contributed by atoms with van der Waals surface area (Å²) in [6.45, 7) is 1.83. The van der Waals surface area contributed by atoms with Crippen molar-refractivity contribution in [3.05, 3.63) is 71.0 Å². The standard InChI is InChI=1S/C16H13FN2O/c1-11(13-6-8-15(17)9-7-13)19-16(20)14-4-2-12(10-18)3-5-14/h2-9,11H,1H3,(H,19,20)/t11-/m0/s1. The van der Waals surface area contributed by atoms with Crippen LogP contribution in [-0.4, -0.2) is 5.91 Å². The van der Waals surface area contributed by atoms with E-state index in [0.717, 1.165) is 5.56 Å². The van der Waals surface area contributed by atoms with Gasteiger partial charge in [0.25, 0.3) is 5.91 Å². The van der Waals surface area contributed by atoms with Gasteiger partial charge in [0.15, 0.2) is 0 Å². The van der Waals surface area contributed by atoms with Gasteiger partial charge >= 0.3 is 0 Å². The number of halogens is 1. The fraction of sp³-hybridized carbons (Fsp3) is 0.125. The van der Waals surface area contributed by atoms with Crippen molar-refractivity contribution in [3.8, 4) is 6.07 Å². The molecule has 0 saturated carbocycles. The van der Waals surface area contributed by atoms with Gasteiger partial charge in [0.1, 0.15) is 5.82 Å². The molecule has 3 nitrogen and oxygen atoms in total. The van der Waals surface area contributed by atoms with Crippen molar-refractivity contribution in [1.29, 1.82) is 5.26 Å². The van der Waals surface area contributed by atoms with Gasteiger partial charge in [0, 0.05) is 5.56 Å². The molecule has 0 spiro atoms. The van der Waals surface area contributed by atoms with Crippen LogP contribution in [0.5, 0.6) is 0 Å². The van der Waals surface area contributed by atoms with Crippen LogP contribution in [0.3, 0.4) is 0 Å². The van der Waals surface area contributed by atoms with E-state index in [9.17, 15) is 9.18 Å². The summed E-state index contributed by atoms with van der Waals surface area (Å²) in [6.07, 6.45) is 0. The zero-order valence-corrected chi connectivity index (χ0v) is 10.9. The van der Waals surface area contributed by atoms with E-state index >= 15 is 0 Å². The number of amides is 1. The van der Waals surface area contributed by atoms with E-state index in [0.29, 0.717) is 11.1 Å². The van der Waals surface area contributed by atoms with Crippen LogP contribution in [0.4, 0.5) is 4.39 Å². The SMILES string of the molecule is C[C@H](NC(=O)c1ccc(C#N)cc1)c1ccc(F)cc1. The minimum Gasteiger partial charge on any atom is -0.346 e. The summed E-state index contributed by atoms with van der Waals surface area (Å²) < 4.78 is 12.8. The van der Waals surface area contributed by atoms with Gasteiger partial charge in [0.05, 0.1) is 17.7 Å². The number of nitrogens with one attached hydrogen (secondary N) is 1. The Morgan fingerprint density at radius 2 is 1.75 bits per heavy atom. The van der Waals surface area contributed by atoms with Gasteiger partial charge in [-0.3, -0.25) is 4.79 Å². The van der Waals surface area contributed by atoms with Crippen LogP contribution >= 0.6 is 0 Å². The molecule has 100 valence electrons. The van der Waals surface area contributed by atoms with Crippen molar-refractivity contribution in [2.75, 3.05) is 0 Å². The lowest BCUT2D eigenvalue weighted by molar-refractivity contribution is 0.0940. The first-order valence-corrected chi connectivity index (χ1v) is 6.16. The van der Waals surface area contributed by atoms with E-state index in [-0.39, 0.29) is 17.8 Å². The summed E-state index contributed by atoms with van der Waals surface area (Å²) in [7, 11) is 0. The molecule has 0 aliphatic rings. The quantitative estimate of drug-likeness (QED) is 0.929. The molecule has 1 atom stereocenters. The lowest BCUT2D eigenvalue weighted by atomic mass is 10.1. The summed E-state index contributed by atoms with van der Waals surface area (Å²) in [6, 6.07) is 14.2. The van der Waals surface area contributed by atoms with Gasteiger partial charge in [0.2, 0.25) is 0 Å². The number of benzene rings is 2. The van der Waals surface area contributed by atoms with E-state index in [1.807, 2.05) is 13.0 Å². The Bertz CT molecular complexity index is 642. The van der Waals surface area contributed by atoms with E-state index < -0.39 is 0 Å². The fourth-order valence-electron chi connectivity index (χ4n) is 1.81. The Labute approximate surface area is 116 Å². The van der Waals surface area contributed by atoms with Crippen LogP contribution in [-0.2, 0) is 0 Å². The highest BCUT2D eigenvalue weighted by molar-refractivity contribution is 5.94. The van der Waals surface area contributed by atoms with Gasteiger partial charge in [-0.15, -0.1) is 0 Å².